The molecule has 2 aromatic rings. The number of aliphatic hydroxyl groups is 1. The van der Waals surface area contributed by atoms with Crippen LogP contribution in [0.4, 0.5) is 10.2 Å². The molecule has 0 amide bonds. The smallest absolute Gasteiger partial charge is 0.128 e. The maximum Gasteiger partial charge on any atom is 0.128 e. The third-order valence-electron chi connectivity index (χ3n) is 3.01. The van der Waals surface area contributed by atoms with E-state index in [-0.39, 0.29) is 5.82 Å². The summed E-state index contributed by atoms with van der Waals surface area (Å²) in [5.41, 5.74) is 1.40. The standard InChI is InChI=1S/C15H17FN2O/c1-11(19)12-7-8-15(17-9-12)18(2)10-13-5-3-4-6-14(13)16/h3-9,11,19H,10H2,1-2H3. The number of rotatable bonds is 4. The average Bonchev–Trinajstić information content (AvgIpc) is 2.41. The lowest BCUT2D eigenvalue weighted by Gasteiger charge is -2.19. The van der Waals surface area contributed by atoms with Crippen LogP contribution >= 0.6 is 0 Å². The van der Waals surface area contributed by atoms with Crippen molar-refractivity contribution < 1.29 is 9.50 Å². The summed E-state index contributed by atoms with van der Waals surface area (Å²) in [6.45, 7) is 2.15. The second kappa shape index (κ2) is 5.80. The maximum atomic E-state index is 13.6. The van der Waals surface area contributed by atoms with Gasteiger partial charge in [0, 0.05) is 25.4 Å². The quantitative estimate of drug-likeness (QED) is 0.918. The maximum absolute atomic E-state index is 13.6. The van der Waals surface area contributed by atoms with Crippen molar-refractivity contribution in [1.29, 1.82) is 0 Å². The second-order valence-electron chi connectivity index (χ2n) is 4.57. The number of pyridine rings is 1. The van der Waals surface area contributed by atoms with Crippen LogP contribution in [0.2, 0.25) is 0 Å². The van der Waals surface area contributed by atoms with E-state index < -0.39 is 6.10 Å². The predicted molar refractivity (Wildman–Crippen MR) is 73.4 cm³/mol. The van der Waals surface area contributed by atoms with Gasteiger partial charge < -0.3 is 10.0 Å². The molecule has 0 saturated heterocycles. The van der Waals surface area contributed by atoms with Crippen LogP contribution in [0, 0.1) is 5.82 Å². The van der Waals surface area contributed by atoms with Gasteiger partial charge in [0.2, 0.25) is 0 Å². The van der Waals surface area contributed by atoms with Gasteiger partial charge in [0.05, 0.1) is 6.10 Å². The van der Waals surface area contributed by atoms with Crippen LogP contribution in [-0.4, -0.2) is 17.1 Å². The molecular weight excluding hydrogens is 243 g/mol. The Kier molecular flexibility index (Phi) is 4.12. The number of hydrogen-bond acceptors (Lipinski definition) is 3. The second-order valence-corrected chi connectivity index (χ2v) is 4.57. The highest BCUT2D eigenvalue weighted by atomic mass is 19.1. The lowest BCUT2D eigenvalue weighted by Crippen LogP contribution is -2.18. The summed E-state index contributed by atoms with van der Waals surface area (Å²) in [6, 6.07) is 10.3. The topological polar surface area (TPSA) is 36.4 Å². The molecule has 3 nitrogen and oxygen atoms in total. The highest BCUT2D eigenvalue weighted by Crippen LogP contribution is 2.17. The number of aliphatic hydroxyl groups excluding tert-OH is 1. The number of benzene rings is 1. The number of halogens is 1. The minimum Gasteiger partial charge on any atom is -0.389 e. The molecule has 1 aromatic heterocycles. The highest BCUT2D eigenvalue weighted by Gasteiger charge is 2.08. The summed E-state index contributed by atoms with van der Waals surface area (Å²) in [4.78, 5) is 6.13. The van der Waals surface area contributed by atoms with E-state index in [4.69, 9.17) is 0 Å². The van der Waals surface area contributed by atoms with Gasteiger partial charge in [0.15, 0.2) is 0 Å². The lowest BCUT2D eigenvalue weighted by atomic mass is 10.2. The van der Waals surface area contributed by atoms with E-state index in [1.807, 2.05) is 30.1 Å². The third-order valence-corrected chi connectivity index (χ3v) is 3.01. The highest BCUT2D eigenvalue weighted by molar-refractivity contribution is 5.40. The van der Waals surface area contributed by atoms with E-state index in [2.05, 4.69) is 4.98 Å². The first-order valence-corrected chi connectivity index (χ1v) is 6.16. The van der Waals surface area contributed by atoms with Crippen molar-refractivity contribution in [2.45, 2.75) is 19.6 Å². The minimum atomic E-state index is -0.529. The molecule has 0 fully saturated rings. The Morgan fingerprint density at radius 2 is 2.00 bits per heavy atom. The molecule has 1 unspecified atom stereocenters. The number of anilines is 1. The first kappa shape index (κ1) is 13.5. The Hall–Kier alpha value is -1.94. The van der Waals surface area contributed by atoms with Crippen molar-refractivity contribution >= 4 is 5.82 Å². The predicted octanol–water partition coefficient (Wildman–Crippen LogP) is 2.91. The molecule has 0 radical (unpaired) electrons. The van der Waals surface area contributed by atoms with Gasteiger partial charge in [0.25, 0.3) is 0 Å². The Balaban J connectivity index is 2.12. The molecular formula is C15H17FN2O. The van der Waals surface area contributed by atoms with Gasteiger partial charge in [-0.1, -0.05) is 24.3 Å². The molecule has 0 bridgehead atoms. The fourth-order valence-corrected chi connectivity index (χ4v) is 1.83. The molecule has 0 aliphatic heterocycles. The van der Waals surface area contributed by atoms with E-state index in [1.54, 1.807) is 25.3 Å². The van der Waals surface area contributed by atoms with Crippen molar-refractivity contribution in [2.75, 3.05) is 11.9 Å². The van der Waals surface area contributed by atoms with E-state index >= 15 is 0 Å². The van der Waals surface area contributed by atoms with Crippen LogP contribution in [0.1, 0.15) is 24.2 Å². The van der Waals surface area contributed by atoms with Crippen LogP contribution in [-0.2, 0) is 6.54 Å². The fourth-order valence-electron chi connectivity index (χ4n) is 1.83. The normalized spacial score (nSPS) is 12.2. The lowest BCUT2D eigenvalue weighted by molar-refractivity contribution is 0.199. The van der Waals surface area contributed by atoms with Crippen LogP contribution in [0.3, 0.4) is 0 Å². The minimum absolute atomic E-state index is 0.213. The van der Waals surface area contributed by atoms with Gasteiger partial charge in [-0.05, 0) is 24.6 Å². The number of aromatic nitrogens is 1. The molecule has 1 N–H and O–H groups in total. The summed E-state index contributed by atoms with van der Waals surface area (Å²) < 4.78 is 13.6. The first-order chi connectivity index (χ1) is 9.08. The fraction of sp³-hybridized carbons (Fsp3) is 0.267. The monoisotopic (exact) mass is 260 g/mol. The van der Waals surface area contributed by atoms with Crippen LogP contribution in [0.25, 0.3) is 0 Å². The van der Waals surface area contributed by atoms with Crippen molar-refractivity contribution in [3.8, 4) is 0 Å². The molecule has 0 spiro atoms. The van der Waals surface area contributed by atoms with Gasteiger partial charge in [-0.15, -0.1) is 0 Å². The first-order valence-electron chi connectivity index (χ1n) is 6.16. The average molecular weight is 260 g/mol. The summed E-state index contributed by atoms with van der Waals surface area (Å²) in [5, 5.41) is 9.42. The van der Waals surface area contributed by atoms with E-state index in [9.17, 15) is 9.50 Å². The Bertz CT molecular complexity index is 540. The molecule has 0 saturated carbocycles. The summed E-state index contributed by atoms with van der Waals surface area (Å²) >= 11 is 0. The number of hydrogen-bond donors (Lipinski definition) is 1. The molecule has 1 aromatic carbocycles. The van der Waals surface area contributed by atoms with E-state index in [0.29, 0.717) is 12.1 Å². The molecule has 4 heteroatoms. The summed E-state index contributed by atoms with van der Waals surface area (Å²) in [5.74, 6) is 0.530. The third kappa shape index (κ3) is 3.29. The SMILES string of the molecule is CC(O)c1ccc(N(C)Cc2ccccc2F)nc1. The van der Waals surface area contributed by atoms with Gasteiger partial charge >= 0.3 is 0 Å². The van der Waals surface area contributed by atoms with Crippen molar-refractivity contribution in [3.05, 3.63) is 59.5 Å². The molecule has 2 rings (SSSR count). The largest absolute Gasteiger partial charge is 0.389 e. The molecule has 100 valence electrons. The molecule has 0 aliphatic rings. The zero-order valence-corrected chi connectivity index (χ0v) is 11.0. The summed E-state index contributed by atoms with van der Waals surface area (Å²) in [6.07, 6.45) is 1.11. The van der Waals surface area contributed by atoms with E-state index in [0.717, 1.165) is 11.4 Å². The van der Waals surface area contributed by atoms with Crippen molar-refractivity contribution in [2.24, 2.45) is 0 Å². The molecule has 19 heavy (non-hydrogen) atoms. The van der Waals surface area contributed by atoms with Crippen LogP contribution in [0.15, 0.2) is 42.6 Å². The van der Waals surface area contributed by atoms with Gasteiger partial charge in [0.1, 0.15) is 11.6 Å². The molecule has 1 heterocycles. The van der Waals surface area contributed by atoms with Crippen LogP contribution < -0.4 is 4.90 Å². The molecule has 1 atom stereocenters. The van der Waals surface area contributed by atoms with Crippen molar-refractivity contribution in [3.63, 3.8) is 0 Å². The zero-order valence-electron chi connectivity index (χ0n) is 11.0. The van der Waals surface area contributed by atoms with E-state index in [1.165, 1.54) is 6.07 Å². The van der Waals surface area contributed by atoms with Gasteiger partial charge in [-0.25, -0.2) is 9.37 Å². The molecule has 0 aliphatic carbocycles. The zero-order chi connectivity index (χ0) is 13.8. The van der Waals surface area contributed by atoms with Gasteiger partial charge in [-0.3, -0.25) is 0 Å². The Morgan fingerprint density at radius 3 is 2.58 bits per heavy atom. The number of nitrogens with zero attached hydrogens (tertiary/aromatic N) is 2. The summed E-state index contributed by atoms with van der Waals surface area (Å²) in [7, 11) is 1.86. The van der Waals surface area contributed by atoms with Crippen molar-refractivity contribution in [1.82, 2.24) is 4.98 Å². The Morgan fingerprint density at radius 1 is 1.26 bits per heavy atom. The van der Waals surface area contributed by atoms with Gasteiger partial charge in [-0.2, -0.15) is 0 Å². The Labute approximate surface area is 112 Å². The van der Waals surface area contributed by atoms with Crippen LogP contribution in [0.5, 0.6) is 0 Å².